The van der Waals surface area contributed by atoms with Gasteiger partial charge in [0.25, 0.3) is 0 Å². The number of aliphatic hydroxyl groups excluding tert-OH is 1. The Kier molecular flexibility index (Phi) is 71.5. The fourth-order valence-corrected chi connectivity index (χ4v) is 14.5. The molecule has 0 aromatic carbocycles. The first-order chi connectivity index (χ1) is 49.6. The Hall–Kier alpha value is -1.94. The molecule has 0 aromatic rings. The summed E-state index contributed by atoms with van der Waals surface area (Å²) in [5, 5.41) is 10.7. The molecule has 0 saturated carbocycles. The van der Waals surface area contributed by atoms with Crippen LogP contribution in [0.5, 0.6) is 0 Å². The number of carbonyl (C=O) groups excluding carboxylic acids is 4. The molecule has 0 bridgehead atoms. The summed E-state index contributed by atoms with van der Waals surface area (Å²) in [6.07, 6.45) is 61.1. The second-order valence-electron chi connectivity index (χ2n) is 31.9. The number of carbonyl (C=O) groups is 4. The predicted octanol–water partition coefficient (Wildman–Crippen LogP) is 25.2. The number of unbranched alkanes of at least 4 members (excludes halogenated alkanes) is 46. The zero-order valence-electron chi connectivity index (χ0n) is 68.0. The molecule has 0 spiro atoms. The Bertz CT molecular complexity index is 2010. The third-order valence-corrected chi connectivity index (χ3v) is 21.8. The van der Waals surface area contributed by atoms with Gasteiger partial charge in [-0.25, -0.2) is 9.13 Å². The van der Waals surface area contributed by atoms with E-state index in [9.17, 15) is 43.2 Å². The van der Waals surface area contributed by atoms with Crippen LogP contribution in [0.3, 0.4) is 0 Å². The molecular weight excluding hydrogens is 1340 g/mol. The minimum absolute atomic E-state index is 0.107. The van der Waals surface area contributed by atoms with E-state index >= 15 is 0 Å². The number of hydrogen-bond donors (Lipinski definition) is 3. The summed E-state index contributed by atoms with van der Waals surface area (Å²) in [6.45, 7) is 14.3. The lowest BCUT2D eigenvalue weighted by atomic mass is 10.00. The van der Waals surface area contributed by atoms with Crippen molar-refractivity contribution >= 4 is 39.5 Å². The van der Waals surface area contributed by atoms with Crippen molar-refractivity contribution in [2.45, 2.75) is 453 Å². The maximum absolute atomic E-state index is 13.1. The van der Waals surface area contributed by atoms with Gasteiger partial charge < -0.3 is 33.8 Å². The lowest BCUT2D eigenvalue weighted by Gasteiger charge is -2.21. The van der Waals surface area contributed by atoms with E-state index in [1.54, 1.807) is 0 Å². The van der Waals surface area contributed by atoms with Gasteiger partial charge in [-0.3, -0.25) is 37.3 Å². The van der Waals surface area contributed by atoms with Crippen LogP contribution < -0.4 is 0 Å². The molecule has 103 heavy (non-hydrogen) atoms. The molecule has 0 radical (unpaired) electrons. The van der Waals surface area contributed by atoms with Crippen molar-refractivity contribution < 1.29 is 80.2 Å². The fraction of sp³-hybridized carbons (Fsp3) is 0.952. The number of phosphoric ester groups is 2. The first-order valence-corrected chi connectivity index (χ1v) is 46.2. The Morgan fingerprint density at radius 3 is 0.689 bits per heavy atom. The SMILES string of the molecule is CCC(C)CCCCCCCCC(=O)OC[C@H](COP(=O)(O)OC[C@H](O)COP(=O)(O)OC[C@@H](COC(=O)CCCCCCCCCCCCCCCCCC(C)C)OC(=O)CCCCCCCCCCCCCCCCC(C)C)OC(=O)CCCCCCCCCCCCCCCCCC(C)C. The van der Waals surface area contributed by atoms with Gasteiger partial charge >= 0.3 is 39.5 Å². The van der Waals surface area contributed by atoms with Crippen LogP contribution in [0.1, 0.15) is 434 Å². The zero-order valence-corrected chi connectivity index (χ0v) is 69.7. The fourth-order valence-electron chi connectivity index (χ4n) is 12.9. The van der Waals surface area contributed by atoms with Crippen LogP contribution in [0.15, 0.2) is 0 Å². The molecule has 0 aromatic heterocycles. The second kappa shape index (κ2) is 72.9. The van der Waals surface area contributed by atoms with E-state index in [4.69, 9.17) is 37.0 Å². The Balaban J connectivity index is 5.24. The normalized spacial score (nSPS) is 14.2. The predicted molar refractivity (Wildman–Crippen MR) is 423 cm³/mol. The van der Waals surface area contributed by atoms with Gasteiger partial charge in [-0.05, 0) is 49.4 Å². The van der Waals surface area contributed by atoms with E-state index < -0.39 is 97.5 Å². The van der Waals surface area contributed by atoms with Crippen molar-refractivity contribution in [1.29, 1.82) is 0 Å². The van der Waals surface area contributed by atoms with Gasteiger partial charge in [0.2, 0.25) is 0 Å². The number of rotatable bonds is 81. The molecule has 0 amide bonds. The van der Waals surface area contributed by atoms with Gasteiger partial charge in [-0.15, -0.1) is 0 Å². The molecule has 0 heterocycles. The number of esters is 4. The van der Waals surface area contributed by atoms with Gasteiger partial charge in [0.1, 0.15) is 19.3 Å². The lowest BCUT2D eigenvalue weighted by molar-refractivity contribution is -0.161. The highest BCUT2D eigenvalue weighted by Gasteiger charge is 2.30. The first-order valence-electron chi connectivity index (χ1n) is 43.2. The van der Waals surface area contributed by atoms with Gasteiger partial charge in [-0.1, -0.05) is 383 Å². The largest absolute Gasteiger partial charge is 0.472 e. The van der Waals surface area contributed by atoms with E-state index in [1.165, 1.54) is 231 Å². The van der Waals surface area contributed by atoms with Crippen LogP contribution in [0.4, 0.5) is 0 Å². The van der Waals surface area contributed by atoms with Crippen molar-refractivity contribution in [2.75, 3.05) is 39.6 Å². The molecular formula is C84H164O17P2. The minimum atomic E-state index is -4.96. The van der Waals surface area contributed by atoms with E-state index in [2.05, 4.69) is 55.4 Å². The average molecular weight is 1510 g/mol. The van der Waals surface area contributed by atoms with Crippen LogP contribution in [0.25, 0.3) is 0 Å². The Morgan fingerprint density at radius 1 is 0.272 bits per heavy atom. The third-order valence-electron chi connectivity index (χ3n) is 19.9. The molecule has 0 aliphatic heterocycles. The van der Waals surface area contributed by atoms with Crippen LogP contribution in [0, 0.1) is 23.7 Å². The molecule has 3 unspecified atom stereocenters. The summed E-state index contributed by atoms with van der Waals surface area (Å²) >= 11 is 0. The zero-order chi connectivity index (χ0) is 76.0. The molecule has 3 N–H and O–H groups in total. The van der Waals surface area contributed by atoms with Crippen molar-refractivity contribution in [1.82, 2.24) is 0 Å². The highest BCUT2D eigenvalue weighted by atomic mass is 31.2. The Labute approximate surface area is 632 Å². The summed E-state index contributed by atoms with van der Waals surface area (Å²) in [4.78, 5) is 73.2. The average Bonchev–Trinajstić information content (AvgIpc) is 0.905. The molecule has 19 heteroatoms. The van der Waals surface area contributed by atoms with Crippen LogP contribution >= 0.6 is 15.6 Å². The topological polar surface area (TPSA) is 237 Å². The molecule has 0 fully saturated rings. The quantitative estimate of drug-likeness (QED) is 0.0222. The maximum atomic E-state index is 13.1. The summed E-state index contributed by atoms with van der Waals surface area (Å²) in [5.74, 6) is 1.02. The van der Waals surface area contributed by atoms with E-state index in [-0.39, 0.29) is 25.7 Å². The van der Waals surface area contributed by atoms with E-state index in [0.717, 1.165) is 120 Å². The number of aliphatic hydroxyl groups is 1. The lowest BCUT2D eigenvalue weighted by Crippen LogP contribution is -2.30. The van der Waals surface area contributed by atoms with Crippen molar-refractivity contribution in [3.63, 3.8) is 0 Å². The molecule has 612 valence electrons. The van der Waals surface area contributed by atoms with Gasteiger partial charge in [-0.2, -0.15) is 0 Å². The summed E-state index contributed by atoms with van der Waals surface area (Å²) in [5.41, 5.74) is 0. The third kappa shape index (κ3) is 76.6. The van der Waals surface area contributed by atoms with Crippen molar-refractivity contribution in [3.05, 3.63) is 0 Å². The standard InChI is InChI=1S/C84H164O17P2/c1-9-77(8)63-55-47-42-43-49-57-65-82(87)95-71-80(101-84(89)67-58-50-40-34-28-22-15-11-13-19-25-31-37-45-53-61-75(4)5)73-99-103(92,93)97-69-78(85)68-96-102(90,91)98-72-79(100-83(88)66-59-51-41-35-29-23-17-16-20-26-32-38-46-54-62-76(6)7)70-94-81(86)64-56-48-39-33-27-21-14-10-12-18-24-30-36-44-52-60-74(2)3/h74-80,85H,9-73H2,1-8H3,(H,90,91)(H,92,93)/t77?,78-,79-,80-/m1/s1. The summed E-state index contributed by atoms with van der Waals surface area (Å²) < 4.78 is 68.8. The monoisotopic (exact) mass is 1510 g/mol. The summed E-state index contributed by atoms with van der Waals surface area (Å²) in [7, 11) is -9.93. The Morgan fingerprint density at radius 2 is 0.466 bits per heavy atom. The van der Waals surface area contributed by atoms with Gasteiger partial charge in [0.05, 0.1) is 26.4 Å². The van der Waals surface area contributed by atoms with Crippen molar-refractivity contribution in [3.8, 4) is 0 Å². The molecule has 17 nitrogen and oxygen atoms in total. The molecule has 0 saturated heterocycles. The molecule has 0 rings (SSSR count). The number of ether oxygens (including phenoxy) is 4. The van der Waals surface area contributed by atoms with Crippen molar-refractivity contribution in [2.24, 2.45) is 23.7 Å². The number of hydrogen-bond acceptors (Lipinski definition) is 15. The smallest absolute Gasteiger partial charge is 0.462 e. The number of phosphoric acid groups is 2. The highest BCUT2D eigenvalue weighted by Crippen LogP contribution is 2.45. The maximum Gasteiger partial charge on any atom is 0.472 e. The minimum Gasteiger partial charge on any atom is -0.462 e. The second-order valence-corrected chi connectivity index (χ2v) is 34.8. The van der Waals surface area contributed by atoms with E-state index in [0.29, 0.717) is 25.7 Å². The van der Waals surface area contributed by atoms with Crippen LogP contribution in [-0.2, 0) is 65.4 Å². The van der Waals surface area contributed by atoms with Crippen LogP contribution in [0.2, 0.25) is 0 Å². The van der Waals surface area contributed by atoms with Gasteiger partial charge in [0.15, 0.2) is 12.2 Å². The highest BCUT2D eigenvalue weighted by molar-refractivity contribution is 7.47. The van der Waals surface area contributed by atoms with Gasteiger partial charge in [0, 0.05) is 25.7 Å². The van der Waals surface area contributed by atoms with E-state index in [1.807, 2.05) is 0 Å². The molecule has 0 aliphatic carbocycles. The first kappa shape index (κ1) is 101. The summed E-state index contributed by atoms with van der Waals surface area (Å²) in [6, 6.07) is 0. The van der Waals surface area contributed by atoms with Crippen LogP contribution in [-0.4, -0.2) is 96.7 Å². The molecule has 0 aliphatic rings. The molecule has 6 atom stereocenters.